The number of carbonyl (C=O) groups is 2. The van der Waals surface area contributed by atoms with Gasteiger partial charge < -0.3 is 20.0 Å². The molecule has 1 fully saturated rings. The molecule has 1 amide bonds. The third kappa shape index (κ3) is 4.33. The van der Waals surface area contributed by atoms with Gasteiger partial charge in [-0.2, -0.15) is 0 Å². The van der Waals surface area contributed by atoms with Crippen LogP contribution in [-0.2, 0) is 14.3 Å². The fraction of sp³-hybridized carbons (Fsp3) is 0.429. The summed E-state index contributed by atoms with van der Waals surface area (Å²) in [5.41, 5.74) is 0.382. The lowest BCUT2D eigenvalue weighted by molar-refractivity contribution is -0.307. The van der Waals surface area contributed by atoms with Crippen molar-refractivity contribution in [1.82, 2.24) is 0 Å². The molecule has 1 heterocycles. The Bertz CT molecular complexity index is 544. The number of benzene rings is 1. The molecule has 21 heavy (non-hydrogen) atoms. The predicted octanol–water partition coefficient (Wildman–Crippen LogP) is 1.87. The van der Waals surface area contributed by atoms with Crippen molar-refractivity contribution in [3.8, 4) is 0 Å². The number of carboxylic acids is 1. The van der Waals surface area contributed by atoms with E-state index in [4.69, 9.17) is 27.9 Å². The Balaban J connectivity index is 2.11. The van der Waals surface area contributed by atoms with Gasteiger partial charge in [-0.1, -0.05) is 23.2 Å². The monoisotopic (exact) mass is 330 g/mol. The summed E-state index contributed by atoms with van der Waals surface area (Å²) in [7, 11) is 0. The van der Waals surface area contributed by atoms with Gasteiger partial charge in [-0.05, 0) is 31.0 Å². The van der Waals surface area contributed by atoms with Crippen molar-refractivity contribution in [3.63, 3.8) is 0 Å². The van der Waals surface area contributed by atoms with Crippen LogP contribution in [0.2, 0.25) is 10.0 Å². The fourth-order valence-electron chi connectivity index (χ4n) is 2.31. The van der Waals surface area contributed by atoms with E-state index in [1.807, 2.05) is 0 Å². The maximum absolute atomic E-state index is 12.3. The summed E-state index contributed by atoms with van der Waals surface area (Å²) in [5.74, 6) is -2.53. The molecule has 2 atom stereocenters. The topological polar surface area (TPSA) is 78.5 Å². The standard InChI is InChI=1S/C14H15Cl2NO4/c15-8-3-4-11(10(16)6-8)17-14(20)9(7-13(18)19)12-2-1-5-21-12/h3-4,6,9,12H,1-2,5,7H2,(H,17,20)(H,18,19)/p-1/t9-,12+/m0/s1. The molecule has 114 valence electrons. The molecule has 1 aliphatic heterocycles. The van der Waals surface area contributed by atoms with E-state index in [1.54, 1.807) is 12.1 Å². The van der Waals surface area contributed by atoms with E-state index in [0.29, 0.717) is 23.7 Å². The Morgan fingerprint density at radius 2 is 2.19 bits per heavy atom. The van der Waals surface area contributed by atoms with Crippen molar-refractivity contribution in [3.05, 3.63) is 28.2 Å². The number of amides is 1. The highest BCUT2D eigenvalue weighted by Crippen LogP contribution is 2.28. The second-order valence-electron chi connectivity index (χ2n) is 4.85. The molecule has 5 nitrogen and oxygen atoms in total. The van der Waals surface area contributed by atoms with Crippen LogP contribution in [-0.4, -0.2) is 24.6 Å². The van der Waals surface area contributed by atoms with Crippen molar-refractivity contribution in [1.29, 1.82) is 0 Å². The Kier molecular flexibility index (Phi) is 5.45. The SMILES string of the molecule is O=C([O-])C[C@H](C(=O)Nc1ccc(Cl)cc1Cl)[C@H]1CCCO1. The summed E-state index contributed by atoms with van der Waals surface area (Å²) in [6.45, 7) is 0.531. The van der Waals surface area contributed by atoms with Crippen LogP contribution in [0.25, 0.3) is 0 Å². The molecule has 1 saturated heterocycles. The van der Waals surface area contributed by atoms with Crippen LogP contribution in [0.1, 0.15) is 19.3 Å². The van der Waals surface area contributed by atoms with E-state index in [0.717, 1.165) is 6.42 Å². The molecule has 7 heteroatoms. The quantitative estimate of drug-likeness (QED) is 0.893. The second kappa shape index (κ2) is 7.11. The Labute approximate surface area is 132 Å². The summed E-state index contributed by atoms with van der Waals surface area (Å²) in [6, 6.07) is 4.65. The van der Waals surface area contributed by atoms with Crippen molar-refractivity contribution < 1.29 is 19.4 Å². The normalized spacial score (nSPS) is 19.2. The Morgan fingerprint density at radius 3 is 2.76 bits per heavy atom. The minimum absolute atomic E-state index is 0.287. The van der Waals surface area contributed by atoms with E-state index in [2.05, 4.69) is 5.32 Å². The predicted molar refractivity (Wildman–Crippen MR) is 77.2 cm³/mol. The third-order valence-electron chi connectivity index (χ3n) is 3.33. The molecule has 0 unspecified atom stereocenters. The van der Waals surface area contributed by atoms with Gasteiger partial charge in [0.2, 0.25) is 5.91 Å². The highest BCUT2D eigenvalue weighted by Gasteiger charge is 2.32. The van der Waals surface area contributed by atoms with Gasteiger partial charge >= 0.3 is 0 Å². The van der Waals surface area contributed by atoms with E-state index in [1.165, 1.54) is 6.07 Å². The lowest BCUT2D eigenvalue weighted by Gasteiger charge is -2.23. The molecule has 1 aromatic rings. The van der Waals surface area contributed by atoms with Crippen LogP contribution in [0.5, 0.6) is 0 Å². The van der Waals surface area contributed by atoms with Gasteiger partial charge in [0.1, 0.15) is 0 Å². The first kappa shape index (κ1) is 16.1. The molecule has 1 N–H and O–H groups in total. The summed E-state index contributed by atoms with van der Waals surface area (Å²) in [4.78, 5) is 23.1. The van der Waals surface area contributed by atoms with Gasteiger partial charge in [0.15, 0.2) is 0 Å². The second-order valence-corrected chi connectivity index (χ2v) is 5.69. The highest BCUT2D eigenvalue weighted by molar-refractivity contribution is 6.36. The summed E-state index contributed by atoms with van der Waals surface area (Å²) in [5, 5.41) is 14.2. The third-order valence-corrected chi connectivity index (χ3v) is 3.87. The van der Waals surface area contributed by atoms with Crippen molar-refractivity contribution in [2.75, 3.05) is 11.9 Å². The number of hydrogen-bond donors (Lipinski definition) is 1. The molecule has 0 saturated carbocycles. The molecular formula is C14H14Cl2NO4-. The molecule has 0 aromatic heterocycles. The summed E-state index contributed by atoms with van der Waals surface area (Å²) >= 11 is 11.8. The first-order chi connectivity index (χ1) is 9.97. The summed E-state index contributed by atoms with van der Waals surface area (Å²) < 4.78 is 5.42. The lowest BCUT2D eigenvalue weighted by Crippen LogP contribution is -2.38. The Hall–Kier alpha value is -1.30. The average Bonchev–Trinajstić information content (AvgIpc) is 2.92. The highest BCUT2D eigenvalue weighted by atomic mass is 35.5. The molecule has 0 aliphatic carbocycles. The van der Waals surface area contributed by atoms with Gasteiger partial charge in [0.25, 0.3) is 0 Å². The number of anilines is 1. The van der Waals surface area contributed by atoms with Crippen molar-refractivity contribution >= 4 is 40.8 Å². The molecule has 2 rings (SSSR count). The zero-order valence-corrected chi connectivity index (χ0v) is 12.6. The number of nitrogens with one attached hydrogen (secondary N) is 1. The van der Waals surface area contributed by atoms with Gasteiger partial charge in [-0.25, -0.2) is 0 Å². The molecule has 0 bridgehead atoms. The first-order valence-corrected chi connectivity index (χ1v) is 7.30. The largest absolute Gasteiger partial charge is 0.550 e. The van der Waals surface area contributed by atoms with Gasteiger partial charge in [0.05, 0.1) is 22.7 Å². The first-order valence-electron chi connectivity index (χ1n) is 6.54. The van der Waals surface area contributed by atoms with Crippen LogP contribution in [0, 0.1) is 5.92 Å². The van der Waals surface area contributed by atoms with Crippen molar-refractivity contribution in [2.24, 2.45) is 5.92 Å². The number of ether oxygens (including phenoxy) is 1. The van der Waals surface area contributed by atoms with Gasteiger partial charge in [-0.3, -0.25) is 4.79 Å². The minimum atomic E-state index is -1.28. The van der Waals surface area contributed by atoms with Crippen LogP contribution in [0.3, 0.4) is 0 Å². The van der Waals surface area contributed by atoms with Crippen LogP contribution in [0.15, 0.2) is 18.2 Å². The maximum atomic E-state index is 12.3. The summed E-state index contributed by atoms with van der Waals surface area (Å²) in [6.07, 6.45) is 0.666. The van der Waals surface area contributed by atoms with Gasteiger partial charge in [-0.15, -0.1) is 0 Å². The van der Waals surface area contributed by atoms with Crippen LogP contribution >= 0.6 is 23.2 Å². The zero-order chi connectivity index (χ0) is 15.4. The smallest absolute Gasteiger partial charge is 0.230 e. The molecule has 0 radical (unpaired) electrons. The van der Waals surface area contributed by atoms with Crippen LogP contribution < -0.4 is 10.4 Å². The van der Waals surface area contributed by atoms with Crippen molar-refractivity contribution in [2.45, 2.75) is 25.4 Å². The minimum Gasteiger partial charge on any atom is -0.550 e. The van der Waals surface area contributed by atoms with E-state index in [-0.39, 0.29) is 11.4 Å². The van der Waals surface area contributed by atoms with Crippen LogP contribution in [0.4, 0.5) is 5.69 Å². The number of carboxylic acid groups (broad SMARTS) is 1. The number of carbonyl (C=O) groups excluding carboxylic acids is 2. The number of rotatable bonds is 5. The zero-order valence-electron chi connectivity index (χ0n) is 11.1. The lowest BCUT2D eigenvalue weighted by atomic mass is 9.95. The molecule has 1 aromatic carbocycles. The number of hydrogen-bond acceptors (Lipinski definition) is 4. The molecule has 0 spiro atoms. The Morgan fingerprint density at radius 1 is 1.43 bits per heavy atom. The van der Waals surface area contributed by atoms with Gasteiger partial charge in [0, 0.05) is 24.0 Å². The number of aliphatic carboxylic acids is 1. The number of halogens is 2. The van der Waals surface area contributed by atoms with E-state index >= 15 is 0 Å². The van der Waals surface area contributed by atoms with E-state index < -0.39 is 23.9 Å². The fourth-order valence-corrected chi connectivity index (χ4v) is 2.76. The van der Waals surface area contributed by atoms with E-state index in [9.17, 15) is 14.7 Å². The average molecular weight is 331 g/mol. The molecule has 1 aliphatic rings. The maximum Gasteiger partial charge on any atom is 0.230 e. The molecular weight excluding hydrogens is 317 g/mol.